The van der Waals surface area contributed by atoms with E-state index in [9.17, 15) is 14.4 Å². The van der Waals surface area contributed by atoms with Crippen LogP contribution in [0.4, 0.5) is 5.69 Å². The van der Waals surface area contributed by atoms with Crippen molar-refractivity contribution in [3.8, 4) is 11.4 Å². The Morgan fingerprint density at radius 3 is 2.34 bits per heavy atom. The summed E-state index contributed by atoms with van der Waals surface area (Å²) in [7, 11) is 0. The van der Waals surface area contributed by atoms with Gasteiger partial charge in [0, 0.05) is 48.1 Å². The molecule has 3 heterocycles. The van der Waals surface area contributed by atoms with Crippen molar-refractivity contribution in [3.63, 3.8) is 0 Å². The van der Waals surface area contributed by atoms with E-state index in [0.29, 0.717) is 11.3 Å². The molecule has 2 aliphatic heterocycles. The molecular formula is C25H24N4O3. The van der Waals surface area contributed by atoms with E-state index in [0.717, 1.165) is 29.9 Å². The lowest BCUT2D eigenvalue weighted by molar-refractivity contribution is -0.139. The van der Waals surface area contributed by atoms with E-state index in [1.54, 1.807) is 24.3 Å². The number of hydrogen-bond acceptors (Lipinski definition) is 4. The third kappa shape index (κ3) is 3.93. The first-order valence-electron chi connectivity index (χ1n) is 11.0. The zero-order valence-corrected chi connectivity index (χ0v) is 17.7. The first-order chi connectivity index (χ1) is 15.6. The van der Waals surface area contributed by atoms with Crippen molar-refractivity contribution < 1.29 is 14.4 Å². The van der Waals surface area contributed by atoms with Crippen LogP contribution in [-0.2, 0) is 29.1 Å². The Labute approximate surface area is 186 Å². The number of benzene rings is 2. The first-order valence-corrected chi connectivity index (χ1v) is 11.0. The van der Waals surface area contributed by atoms with E-state index in [2.05, 4.69) is 14.9 Å². The second kappa shape index (κ2) is 8.42. The molecule has 3 aromatic rings. The Hall–Kier alpha value is -3.74. The first kappa shape index (κ1) is 20.2. The average molecular weight is 428 g/mol. The number of anilines is 1. The Balaban J connectivity index is 1.23. The normalized spacial score (nSPS) is 15.7. The van der Waals surface area contributed by atoms with Crippen molar-refractivity contribution in [1.82, 2.24) is 14.5 Å². The van der Waals surface area contributed by atoms with E-state index >= 15 is 0 Å². The summed E-state index contributed by atoms with van der Waals surface area (Å²) in [5.74, 6) is 0.478. The predicted molar refractivity (Wildman–Crippen MR) is 120 cm³/mol. The molecule has 0 radical (unpaired) electrons. The smallest absolute Gasteiger partial charge is 0.255 e. The molecular weight excluding hydrogens is 404 g/mol. The predicted octanol–water partition coefficient (Wildman–Crippen LogP) is 3.79. The minimum atomic E-state index is -0.212. The maximum atomic E-state index is 12.6. The highest BCUT2D eigenvalue weighted by Gasteiger charge is 2.28. The van der Waals surface area contributed by atoms with Crippen LogP contribution in [0.25, 0.3) is 11.4 Å². The summed E-state index contributed by atoms with van der Waals surface area (Å²) >= 11 is 0. The number of hydrogen-bond donors (Lipinski definition) is 1. The van der Waals surface area contributed by atoms with Crippen LogP contribution in [0.15, 0.2) is 54.7 Å². The number of carbonyl (C=O) groups is 3. The molecule has 1 fully saturated rings. The van der Waals surface area contributed by atoms with Crippen LogP contribution < -0.4 is 5.32 Å². The molecule has 3 amide bonds. The van der Waals surface area contributed by atoms with E-state index in [-0.39, 0.29) is 37.1 Å². The van der Waals surface area contributed by atoms with Gasteiger partial charge in [-0.15, -0.1) is 0 Å². The summed E-state index contributed by atoms with van der Waals surface area (Å²) in [5.41, 5.74) is 4.36. The van der Waals surface area contributed by atoms with Crippen molar-refractivity contribution in [2.75, 3.05) is 5.32 Å². The number of imidazole rings is 1. The fraction of sp³-hybridized carbons (Fsp3) is 0.280. The summed E-state index contributed by atoms with van der Waals surface area (Å²) in [6, 6.07) is 14.7. The van der Waals surface area contributed by atoms with Gasteiger partial charge in [0.05, 0.1) is 6.54 Å². The highest BCUT2D eigenvalue weighted by Crippen LogP contribution is 2.26. The van der Waals surface area contributed by atoms with E-state index in [1.807, 2.05) is 30.5 Å². The molecule has 32 heavy (non-hydrogen) atoms. The van der Waals surface area contributed by atoms with Crippen LogP contribution in [0.2, 0.25) is 0 Å². The molecule has 0 bridgehead atoms. The molecule has 1 N–H and O–H groups in total. The molecule has 0 aliphatic carbocycles. The largest absolute Gasteiger partial charge is 0.328 e. The second-order valence-corrected chi connectivity index (χ2v) is 8.28. The molecule has 0 unspecified atom stereocenters. The Bertz CT molecular complexity index is 1160. The van der Waals surface area contributed by atoms with Gasteiger partial charge in [0.25, 0.3) is 5.91 Å². The summed E-state index contributed by atoms with van der Waals surface area (Å²) in [6.45, 7) is 1.25. The lowest BCUT2D eigenvalue weighted by Crippen LogP contribution is -2.28. The van der Waals surface area contributed by atoms with Crippen LogP contribution in [0.1, 0.15) is 47.3 Å². The Kier molecular flexibility index (Phi) is 5.31. The summed E-state index contributed by atoms with van der Waals surface area (Å²) in [4.78, 5) is 42.0. The Morgan fingerprint density at radius 1 is 0.906 bits per heavy atom. The summed E-state index contributed by atoms with van der Waals surface area (Å²) in [5, 5.41) is 2.91. The van der Waals surface area contributed by atoms with Gasteiger partial charge < -0.3 is 9.88 Å². The molecule has 7 nitrogen and oxygen atoms in total. The Morgan fingerprint density at radius 2 is 1.62 bits per heavy atom. The maximum Gasteiger partial charge on any atom is 0.255 e. The van der Waals surface area contributed by atoms with Gasteiger partial charge in [-0.05, 0) is 61.2 Å². The van der Waals surface area contributed by atoms with Gasteiger partial charge >= 0.3 is 0 Å². The second-order valence-electron chi connectivity index (χ2n) is 8.28. The standard InChI is InChI=1S/C25H24N4O3/c30-22-12-13-23(31)29(22)16-17-4-6-19(7-5-17)25(32)27-20-10-8-18(9-11-20)24-26-15-21-3-1-2-14-28(21)24/h4-11,15H,1-3,12-14,16H2,(H,27,32). The van der Waals surface area contributed by atoms with Crippen LogP contribution in [0.5, 0.6) is 0 Å². The van der Waals surface area contributed by atoms with Crippen LogP contribution in [-0.4, -0.2) is 32.2 Å². The fourth-order valence-electron chi connectivity index (χ4n) is 4.32. The number of likely N-dealkylation sites (tertiary alicyclic amines) is 1. The van der Waals surface area contributed by atoms with Gasteiger partial charge in [0.15, 0.2) is 0 Å². The van der Waals surface area contributed by atoms with Gasteiger partial charge in [-0.3, -0.25) is 19.3 Å². The van der Waals surface area contributed by atoms with Gasteiger partial charge in [0.2, 0.25) is 11.8 Å². The fourth-order valence-corrected chi connectivity index (χ4v) is 4.32. The van der Waals surface area contributed by atoms with Crippen molar-refractivity contribution in [1.29, 1.82) is 0 Å². The molecule has 0 spiro atoms. The molecule has 2 aromatic carbocycles. The number of aromatic nitrogens is 2. The molecule has 0 saturated carbocycles. The van der Waals surface area contributed by atoms with Crippen LogP contribution in [0.3, 0.4) is 0 Å². The van der Waals surface area contributed by atoms with Gasteiger partial charge in [0.1, 0.15) is 5.82 Å². The number of aryl methyl sites for hydroxylation is 1. The number of nitrogens with zero attached hydrogens (tertiary/aromatic N) is 3. The molecule has 2 aliphatic rings. The van der Waals surface area contributed by atoms with Crippen molar-refractivity contribution >= 4 is 23.4 Å². The van der Waals surface area contributed by atoms with E-state index in [4.69, 9.17) is 0 Å². The number of imide groups is 1. The quantitative estimate of drug-likeness (QED) is 0.627. The van der Waals surface area contributed by atoms with Gasteiger partial charge in [-0.1, -0.05) is 12.1 Å². The van der Waals surface area contributed by atoms with Crippen molar-refractivity contribution in [3.05, 3.63) is 71.5 Å². The number of rotatable bonds is 5. The number of nitrogens with one attached hydrogen (secondary N) is 1. The third-order valence-electron chi connectivity index (χ3n) is 6.12. The minimum absolute atomic E-state index is 0.142. The van der Waals surface area contributed by atoms with E-state index in [1.165, 1.54) is 23.4 Å². The zero-order valence-electron chi connectivity index (χ0n) is 17.7. The molecule has 0 atom stereocenters. The highest BCUT2D eigenvalue weighted by molar-refractivity contribution is 6.04. The molecule has 162 valence electrons. The van der Waals surface area contributed by atoms with Crippen molar-refractivity contribution in [2.24, 2.45) is 0 Å². The molecule has 1 saturated heterocycles. The average Bonchev–Trinajstić information content (AvgIpc) is 3.39. The van der Waals surface area contributed by atoms with E-state index < -0.39 is 0 Å². The summed E-state index contributed by atoms with van der Waals surface area (Å²) < 4.78 is 2.28. The van der Waals surface area contributed by atoms with Crippen LogP contribution in [0, 0.1) is 0 Å². The lowest BCUT2D eigenvalue weighted by atomic mass is 10.1. The monoisotopic (exact) mass is 428 g/mol. The SMILES string of the molecule is O=C(Nc1ccc(-c2ncc3n2CCCC3)cc1)c1ccc(CN2C(=O)CCC2=O)cc1. The highest BCUT2D eigenvalue weighted by atomic mass is 16.2. The number of carbonyl (C=O) groups excluding carboxylic acids is 3. The van der Waals surface area contributed by atoms with Gasteiger partial charge in [-0.2, -0.15) is 0 Å². The number of fused-ring (bicyclic) bond motifs is 1. The maximum absolute atomic E-state index is 12.6. The third-order valence-corrected chi connectivity index (χ3v) is 6.12. The van der Waals surface area contributed by atoms with Crippen LogP contribution >= 0.6 is 0 Å². The molecule has 1 aromatic heterocycles. The zero-order chi connectivity index (χ0) is 22.1. The molecule has 5 rings (SSSR count). The lowest BCUT2D eigenvalue weighted by Gasteiger charge is -2.16. The topological polar surface area (TPSA) is 84.3 Å². The van der Waals surface area contributed by atoms with Crippen molar-refractivity contribution in [2.45, 2.75) is 45.2 Å². The van der Waals surface area contributed by atoms with Gasteiger partial charge in [-0.25, -0.2) is 4.98 Å². The minimum Gasteiger partial charge on any atom is -0.328 e. The number of amides is 3. The molecule has 7 heteroatoms. The summed E-state index contributed by atoms with van der Waals surface area (Å²) in [6.07, 6.45) is 5.98.